The average molecular weight is 290 g/mol. The zero-order chi connectivity index (χ0) is 14.7. The van der Waals surface area contributed by atoms with Gasteiger partial charge in [0.25, 0.3) is 0 Å². The first kappa shape index (κ1) is 14.8. The third-order valence-corrected chi connectivity index (χ3v) is 3.75. The van der Waals surface area contributed by atoms with Gasteiger partial charge in [-0.15, -0.1) is 0 Å². The molecule has 1 heterocycles. The molecule has 0 atom stereocenters. The van der Waals surface area contributed by atoms with Crippen molar-refractivity contribution >= 4 is 17.4 Å². The lowest BCUT2D eigenvalue weighted by Crippen LogP contribution is -2.08. The van der Waals surface area contributed by atoms with Crippen LogP contribution in [0.15, 0.2) is 18.2 Å². The second kappa shape index (κ2) is 6.23. The van der Waals surface area contributed by atoms with Gasteiger partial charge in [0, 0.05) is 28.4 Å². The molecule has 0 aliphatic carbocycles. The SMILES string of the molecule is CCNc1nc(-c2ccc(C)c(Cl)c2)nc(C)c1CC. The van der Waals surface area contributed by atoms with E-state index in [1.54, 1.807) is 0 Å². The minimum Gasteiger partial charge on any atom is -0.370 e. The largest absolute Gasteiger partial charge is 0.370 e. The molecule has 2 rings (SSSR count). The van der Waals surface area contributed by atoms with Gasteiger partial charge >= 0.3 is 0 Å². The molecule has 1 N–H and O–H groups in total. The highest BCUT2D eigenvalue weighted by Crippen LogP contribution is 2.26. The van der Waals surface area contributed by atoms with Crippen LogP contribution in [0.2, 0.25) is 5.02 Å². The van der Waals surface area contributed by atoms with E-state index >= 15 is 0 Å². The first-order chi connectivity index (χ1) is 9.56. The van der Waals surface area contributed by atoms with Gasteiger partial charge in [0.15, 0.2) is 5.82 Å². The van der Waals surface area contributed by atoms with Crippen LogP contribution in [0.4, 0.5) is 5.82 Å². The Morgan fingerprint density at radius 2 is 1.90 bits per heavy atom. The summed E-state index contributed by atoms with van der Waals surface area (Å²) in [5, 5.41) is 4.06. The Morgan fingerprint density at radius 3 is 2.50 bits per heavy atom. The summed E-state index contributed by atoms with van der Waals surface area (Å²) < 4.78 is 0. The monoisotopic (exact) mass is 289 g/mol. The summed E-state index contributed by atoms with van der Waals surface area (Å²) in [5.41, 5.74) is 4.20. The number of nitrogens with one attached hydrogen (secondary N) is 1. The van der Waals surface area contributed by atoms with Gasteiger partial charge in [0.2, 0.25) is 0 Å². The van der Waals surface area contributed by atoms with E-state index in [0.29, 0.717) is 0 Å². The number of nitrogens with zero attached hydrogens (tertiary/aromatic N) is 2. The Balaban J connectivity index is 2.54. The van der Waals surface area contributed by atoms with Gasteiger partial charge in [-0.2, -0.15) is 0 Å². The zero-order valence-corrected chi connectivity index (χ0v) is 13.2. The number of aryl methyl sites for hydroxylation is 2. The average Bonchev–Trinajstić information content (AvgIpc) is 2.42. The third kappa shape index (κ3) is 2.93. The van der Waals surface area contributed by atoms with Crippen LogP contribution in [0.3, 0.4) is 0 Å². The van der Waals surface area contributed by atoms with E-state index in [9.17, 15) is 0 Å². The minimum atomic E-state index is 0.720. The number of benzene rings is 1. The Kier molecular flexibility index (Phi) is 4.61. The molecular formula is C16H20ClN3. The number of aromatic nitrogens is 2. The first-order valence-electron chi connectivity index (χ1n) is 6.94. The number of halogens is 1. The number of hydrogen-bond acceptors (Lipinski definition) is 3. The van der Waals surface area contributed by atoms with Crippen LogP contribution in [0.5, 0.6) is 0 Å². The van der Waals surface area contributed by atoms with E-state index in [0.717, 1.165) is 46.5 Å². The molecule has 0 saturated heterocycles. The van der Waals surface area contributed by atoms with Gasteiger partial charge in [-0.3, -0.25) is 0 Å². The van der Waals surface area contributed by atoms with Crippen molar-refractivity contribution in [1.82, 2.24) is 9.97 Å². The van der Waals surface area contributed by atoms with E-state index in [4.69, 9.17) is 11.6 Å². The topological polar surface area (TPSA) is 37.8 Å². The highest BCUT2D eigenvalue weighted by molar-refractivity contribution is 6.31. The van der Waals surface area contributed by atoms with Crippen LogP contribution in [0.1, 0.15) is 30.7 Å². The van der Waals surface area contributed by atoms with E-state index in [-0.39, 0.29) is 0 Å². The lowest BCUT2D eigenvalue weighted by molar-refractivity contribution is 0.989. The van der Waals surface area contributed by atoms with Gasteiger partial charge < -0.3 is 5.32 Å². The van der Waals surface area contributed by atoms with Crippen molar-refractivity contribution in [3.05, 3.63) is 40.0 Å². The predicted octanol–water partition coefficient (Wildman–Crippen LogP) is 4.41. The number of anilines is 1. The van der Waals surface area contributed by atoms with Crippen molar-refractivity contribution in [3.8, 4) is 11.4 Å². The molecule has 0 radical (unpaired) electrons. The smallest absolute Gasteiger partial charge is 0.161 e. The lowest BCUT2D eigenvalue weighted by Gasteiger charge is -2.13. The fourth-order valence-corrected chi connectivity index (χ4v) is 2.37. The maximum absolute atomic E-state index is 6.19. The number of rotatable bonds is 4. The molecule has 3 nitrogen and oxygen atoms in total. The lowest BCUT2D eigenvalue weighted by atomic mass is 10.1. The van der Waals surface area contributed by atoms with Crippen molar-refractivity contribution in [1.29, 1.82) is 0 Å². The maximum atomic E-state index is 6.19. The summed E-state index contributed by atoms with van der Waals surface area (Å²) >= 11 is 6.19. The molecule has 106 valence electrons. The molecule has 0 unspecified atom stereocenters. The molecule has 2 aromatic rings. The Bertz CT molecular complexity index is 623. The second-order valence-corrected chi connectivity index (χ2v) is 5.21. The standard InChI is InChI=1S/C16H20ClN3/c1-5-13-11(4)19-15(20-16(13)18-6-2)12-8-7-10(3)14(17)9-12/h7-9H,5-6H2,1-4H3,(H,18,19,20). The summed E-state index contributed by atoms with van der Waals surface area (Å²) in [6.45, 7) is 9.05. The van der Waals surface area contributed by atoms with Gasteiger partial charge in [-0.1, -0.05) is 30.7 Å². The molecule has 1 aromatic heterocycles. The highest BCUT2D eigenvalue weighted by atomic mass is 35.5. The summed E-state index contributed by atoms with van der Waals surface area (Å²) in [4.78, 5) is 9.27. The first-order valence-corrected chi connectivity index (χ1v) is 7.32. The van der Waals surface area contributed by atoms with E-state index in [2.05, 4.69) is 29.1 Å². The maximum Gasteiger partial charge on any atom is 0.161 e. The molecule has 0 fully saturated rings. The molecule has 0 amide bonds. The molecule has 0 bridgehead atoms. The van der Waals surface area contributed by atoms with Crippen LogP contribution in [0, 0.1) is 13.8 Å². The van der Waals surface area contributed by atoms with Gasteiger partial charge in [-0.25, -0.2) is 9.97 Å². The zero-order valence-electron chi connectivity index (χ0n) is 12.4. The quantitative estimate of drug-likeness (QED) is 0.906. The summed E-state index contributed by atoms with van der Waals surface area (Å²) in [6, 6.07) is 5.93. The van der Waals surface area contributed by atoms with E-state index in [1.165, 1.54) is 5.56 Å². The molecule has 4 heteroatoms. The van der Waals surface area contributed by atoms with Crippen molar-refractivity contribution in [2.24, 2.45) is 0 Å². The Labute approximate surface area is 125 Å². The van der Waals surface area contributed by atoms with Crippen molar-refractivity contribution in [2.45, 2.75) is 34.1 Å². The van der Waals surface area contributed by atoms with E-state index < -0.39 is 0 Å². The second-order valence-electron chi connectivity index (χ2n) is 4.81. The summed E-state index contributed by atoms with van der Waals surface area (Å²) in [6.07, 6.45) is 0.920. The van der Waals surface area contributed by atoms with Crippen LogP contribution in [-0.2, 0) is 6.42 Å². The normalized spacial score (nSPS) is 10.7. The molecule has 0 aliphatic rings. The fourth-order valence-electron chi connectivity index (χ4n) is 2.19. The third-order valence-electron chi connectivity index (χ3n) is 3.34. The van der Waals surface area contributed by atoms with Gasteiger partial charge in [-0.05, 0) is 38.8 Å². The van der Waals surface area contributed by atoms with Crippen molar-refractivity contribution < 1.29 is 0 Å². The fraction of sp³-hybridized carbons (Fsp3) is 0.375. The molecule has 0 aliphatic heterocycles. The molecule has 0 saturated carbocycles. The van der Waals surface area contributed by atoms with Crippen LogP contribution < -0.4 is 5.32 Å². The van der Waals surface area contributed by atoms with Crippen molar-refractivity contribution in [2.75, 3.05) is 11.9 Å². The summed E-state index contributed by atoms with van der Waals surface area (Å²) in [5.74, 6) is 1.65. The van der Waals surface area contributed by atoms with E-state index in [1.807, 2.05) is 32.0 Å². The molecule has 1 aromatic carbocycles. The van der Waals surface area contributed by atoms with Crippen molar-refractivity contribution in [3.63, 3.8) is 0 Å². The molecular weight excluding hydrogens is 270 g/mol. The Hall–Kier alpha value is -1.61. The van der Waals surface area contributed by atoms with Gasteiger partial charge in [0.1, 0.15) is 5.82 Å². The van der Waals surface area contributed by atoms with Crippen LogP contribution in [0.25, 0.3) is 11.4 Å². The molecule has 0 spiro atoms. The highest BCUT2D eigenvalue weighted by Gasteiger charge is 2.11. The van der Waals surface area contributed by atoms with Gasteiger partial charge in [0.05, 0.1) is 0 Å². The van der Waals surface area contributed by atoms with Crippen LogP contribution >= 0.6 is 11.6 Å². The minimum absolute atomic E-state index is 0.720. The Morgan fingerprint density at radius 1 is 1.15 bits per heavy atom. The predicted molar refractivity (Wildman–Crippen MR) is 85.5 cm³/mol. The molecule has 20 heavy (non-hydrogen) atoms. The number of hydrogen-bond donors (Lipinski definition) is 1. The van der Waals surface area contributed by atoms with Crippen LogP contribution in [-0.4, -0.2) is 16.5 Å². The summed E-state index contributed by atoms with van der Waals surface area (Å²) in [7, 11) is 0.